The molecule has 2 aromatic rings. The van der Waals surface area contributed by atoms with Gasteiger partial charge in [0.25, 0.3) is 5.91 Å². The van der Waals surface area contributed by atoms with Gasteiger partial charge in [0.1, 0.15) is 6.61 Å². The molecule has 0 saturated carbocycles. The number of hydrogen-bond donors (Lipinski definition) is 0. The SMILES string of the molecule is CCOCC(=O)OCC(=O)N1c2ccccc2Sc2ccccc21. The molecule has 24 heavy (non-hydrogen) atoms. The van der Waals surface area contributed by atoms with Crippen LogP contribution in [0.2, 0.25) is 0 Å². The molecule has 0 aromatic heterocycles. The lowest BCUT2D eigenvalue weighted by atomic mass is 10.2. The Morgan fingerprint density at radius 1 is 0.958 bits per heavy atom. The lowest BCUT2D eigenvalue weighted by Crippen LogP contribution is -2.33. The summed E-state index contributed by atoms with van der Waals surface area (Å²) in [6, 6.07) is 15.4. The average Bonchev–Trinajstić information content (AvgIpc) is 2.62. The summed E-state index contributed by atoms with van der Waals surface area (Å²) in [5, 5.41) is 0. The summed E-state index contributed by atoms with van der Waals surface area (Å²) in [6.07, 6.45) is 0. The molecule has 0 fully saturated rings. The van der Waals surface area contributed by atoms with E-state index < -0.39 is 5.97 Å². The number of hydrogen-bond acceptors (Lipinski definition) is 5. The molecule has 0 atom stereocenters. The van der Waals surface area contributed by atoms with Crippen molar-refractivity contribution >= 4 is 35.0 Å². The number of carbonyl (C=O) groups excluding carboxylic acids is 2. The number of para-hydroxylation sites is 2. The van der Waals surface area contributed by atoms with E-state index in [4.69, 9.17) is 9.47 Å². The van der Waals surface area contributed by atoms with Gasteiger partial charge in [-0.1, -0.05) is 36.0 Å². The quantitative estimate of drug-likeness (QED) is 0.779. The molecule has 1 aliphatic rings. The van der Waals surface area contributed by atoms with Gasteiger partial charge < -0.3 is 9.47 Å². The van der Waals surface area contributed by atoms with E-state index >= 15 is 0 Å². The molecule has 1 aliphatic heterocycles. The van der Waals surface area contributed by atoms with Crippen molar-refractivity contribution in [2.45, 2.75) is 16.7 Å². The van der Waals surface area contributed by atoms with Crippen LogP contribution < -0.4 is 4.90 Å². The summed E-state index contributed by atoms with van der Waals surface area (Å²) in [7, 11) is 0. The van der Waals surface area contributed by atoms with Gasteiger partial charge in [-0.15, -0.1) is 0 Å². The number of rotatable bonds is 5. The zero-order valence-corrected chi connectivity index (χ0v) is 14.0. The Morgan fingerprint density at radius 2 is 1.54 bits per heavy atom. The van der Waals surface area contributed by atoms with Crippen LogP contribution in [0, 0.1) is 0 Å². The minimum atomic E-state index is -0.543. The summed E-state index contributed by atoms with van der Waals surface area (Å²) in [4.78, 5) is 27.8. The molecular weight excluding hydrogens is 326 g/mol. The summed E-state index contributed by atoms with van der Waals surface area (Å²) < 4.78 is 10.0. The van der Waals surface area contributed by atoms with Crippen LogP contribution in [0.15, 0.2) is 58.3 Å². The second-order valence-corrected chi connectivity index (χ2v) is 6.15. The van der Waals surface area contributed by atoms with E-state index in [0.717, 1.165) is 21.2 Å². The number of anilines is 2. The second kappa shape index (κ2) is 7.51. The third-order valence-electron chi connectivity index (χ3n) is 3.46. The molecule has 1 heterocycles. The van der Waals surface area contributed by atoms with E-state index in [1.807, 2.05) is 48.5 Å². The zero-order valence-electron chi connectivity index (χ0n) is 13.2. The van der Waals surface area contributed by atoms with Crippen LogP contribution in [-0.4, -0.2) is 31.7 Å². The highest BCUT2D eigenvalue weighted by atomic mass is 32.2. The van der Waals surface area contributed by atoms with Crippen LogP contribution in [0.1, 0.15) is 6.92 Å². The molecule has 0 saturated heterocycles. The van der Waals surface area contributed by atoms with E-state index in [9.17, 15) is 9.59 Å². The maximum absolute atomic E-state index is 12.7. The Kier molecular flexibility index (Phi) is 5.17. The summed E-state index contributed by atoms with van der Waals surface area (Å²) >= 11 is 1.62. The smallest absolute Gasteiger partial charge is 0.332 e. The van der Waals surface area contributed by atoms with Crippen molar-refractivity contribution in [3.8, 4) is 0 Å². The van der Waals surface area contributed by atoms with Crippen LogP contribution in [0.3, 0.4) is 0 Å². The molecule has 0 bridgehead atoms. The second-order valence-electron chi connectivity index (χ2n) is 5.06. The van der Waals surface area contributed by atoms with Crippen molar-refractivity contribution in [2.24, 2.45) is 0 Å². The van der Waals surface area contributed by atoms with Crippen molar-refractivity contribution < 1.29 is 19.1 Å². The van der Waals surface area contributed by atoms with Gasteiger partial charge in [0.15, 0.2) is 6.61 Å². The molecule has 3 rings (SSSR count). The molecule has 6 heteroatoms. The van der Waals surface area contributed by atoms with Crippen LogP contribution in [-0.2, 0) is 19.1 Å². The van der Waals surface area contributed by atoms with Crippen LogP contribution in [0.25, 0.3) is 0 Å². The fourth-order valence-electron chi connectivity index (χ4n) is 2.41. The number of esters is 1. The van der Waals surface area contributed by atoms with E-state index in [1.165, 1.54) is 0 Å². The standard InChI is InChI=1S/C18H17NO4S/c1-2-22-12-18(21)23-11-17(20)19-13-7-3-5-9-15(13)24-16-10-6-4-8-14(16)19/h3-10H,2,11-12H2,1H3. The van der Waals surface area contributed by atoms with Crippen molar-refractivity contribution in [3.05, 3.63) is 48.5 Å². The van der Waals surface area contributed by atoms with Gasteiger partial charge in [0.2, 0.25) is 0 Å². The van der Waals surface area contributed by atoms with Gasteiger partial charge in [-0.3, -0.25) is 9.69 Å². The van der Waals surface area contributed by atoms with E-state index in [1.54, 1.807) is 23.6 Å². The first-order valence-electron chi connectivity index (χ1n) is 7.63. The molecular formula is C18H17NO4S. The Morgan fingerprint density at radius 3 is 2.12 bits per heavy atom. The van der Waals surface area contributed by atoms with Gasteiger partial charge in [0, 0.05) is 16.4 Å². The van der Waals surface area contributed by atoms with Gasteiger partial charge in [-0.2, -0.15) is 0 Å². The Bertz CT molecular complexity index is 717. The molecule has 0 radical (unpaired) electrons. The number of amides is 1. The highest BCUT2D eigenvalue weighted by Gasteiger charge is 2.28. The number of benzene rings is 2. The average molecular weight is 343 g/mol. The minimum absolute atomic E-state index is 0.146. The maximum Gasteiger partial charge on any atom is 0.332 e. The predicted molar refractivity (Wildman–Crippen MR) is 91.6 cm³/mol. The molecule has 124 valence electrons. The Balaban J connectivity index is 1.82. The van der Waals surface area contributed by atoms with Gasteiger partial charge in [0.05, 0.1) is 11.4 Å². The van der Waals surface area contributed by atoms with E-state index in [0.29, 0.717) is 6.61 Å². The number of nitrogens with zero attached hydrogens (tertiary/aromatic N) is 1. The fraction of sp³-hybridized carbons (Fsp3) is 0.222. The van der Waals surface area contributed by atoms with Gasteiger partial charge in [-0.05, 0) is 31.2 Å². The largest absolute Gasteiger partial charge is 0.454 e. The number of fused-ring (bicyclic) bond motifs is 2. The summed E-state index contributed by atoms with van der Waals surface area (Å²) in [5.74, 6) is -0.835. The highest BCUT2D eigenvalue weighted by molar-refractivity contribution is 7.99. The van der Waals surface area contributed by atoms with Crippen LogP contribution in [0.4, 0.5) is 11.4 Å². The summed E-state index contributed by atoms with van der Waals surface area (Å²) in [6.45, 7) is 1.75. The van der Waals surface area contributed by atoms with Crippen molar-refractivity contribution in [2.75, 3.05) is 24.7 Å². The zero-order chi connectivity index (χ0) is 16.9. The third-order valence-corrected chi connectivity index (χ3v) is 4.59. The van der Waals surface area contributed by atoms with Gasteiger partial charge >= 0.3 is 5.97 Å². The molecule has 5 nitrogen and oxygen atoms in total. The maximum atomic E-state index is 12.7. The third kappa shape index (κ3) is 3.44. The molecule has 0 spiro atoms. The first-order valence-corrected chi connectivity index (χ1v) is 8.44. The summed E-state index contributed by atoms with van der Waals surface area (Å²) in [5.41, 5.74) is 1.60. The van der Waals surface area contributed by atoms with E-state index in [2.05, 4.69) is 0 Å². The van der Waals surface area contributed by atoms with Crippen LogP contribution in [0.5, 0.6) is 0 Å². The van der Waals surface area contributed by atoms with Gasteiger partial charge in [-0.25, -0.2) is 4.79 Å². The lowest BCUT2D eigenvalue weighted by Gasteiger charge is -2.30. The van der Waals surface area contributed by atoms with E-state index in [-0.39, 0.29) is 19.1 Å². The number of carbonyl (C=O) groups is 2. The van der Waals surface area contributed by atoms with Crippen molar-refractivity contribution in [3.63, 3.8) is 0 Å². The molecule has 1 amide bonds. The van der Waals surface area contributed by atoms with Crippen LogP contribution >= 0.6 is 11.8 Å². The Hall–Kier alpha value is -2.31. The highest BCUT2D eigenvalue weighted by Crippen LogP contribution is 2.47. The molecule has 0 N–H and O–H groups in total. The normalized spacial score (nSPS) is 12.3. The minimum Gasteiger partial charge on any atom is -0.454 e. The topological polar surface area (TPSA) is 55.8 Å². The first-order chi connectivity index (χ1) is 11.7. The first kappa shape index (κ1) is 16.5. The van der Waals surface area contributed by atoms with Crippen molar-refractivity contribution in [1.29, 1.82) is 0 Å². The van der Waals surface area contributed by atoms with Crippen molar-refractivity contribution in [1.82, 2.24) is 0 Å². The monoisotopic (exact) mass is 343 g/mol. The molecule has 0 unspecified atom stereocenters. The predicted octanol–water partition coefficient (Wildman–Crippen LogP) is 3.40. The molecule has 0 aliphatic carbocycles. The molecule has 2 aromatic carbocycles. The number of ether oxygens (including phenoxy) is 2. The Labute approximate surface area is 144 Å². The fourth-order valence-corrected chi connectivity index (χ4v) is 3.47. The lowest BCUT2D eigenvalue weighted by molar-refractivity contribution is -0.152.